The quantitative estimate of drug-likeness (QED) is 0.432. The predicted octanol–water partition coefficient (Wildman–Crippen LogP) is 3.37. The van der Waals surface area contributed by atoms with Crippen molar-refractivity contribution in [1.82, 2.24) is 15.2 Å². The molecule has 1 aliphatic rings. The van der Waals surface area contributed by atoms with Crippen molar-refractivity contribution in [2.24, 2.45) is 0 Å². The Morgan fingerprint density at radius 3 is 2.49 bits per heavy atom. The fourth-order valence-corrected chi connectivity index (χ4v) is 3.88. The van der Waals surface area contributed by atoms with E-state index in [0.29, 0.717) is 23.6 Å². The highest BCUT2D eigenvalue weighted by Gasteiger charge is 2.30. The lowest BCUT2D eigenvalue weighted by molar-refractivity contribution is -0.135. The van der Waals surface area contributed by atoms with Gasteiger partial charge in [-0.3, -0.25) is 19.8 Å². The van der Waals surface area contributed by atoms with Crippen molar-refractivity contribution < 1.29 is 24.2 Å². The van der Waals surface area contributed by atoms with Crippen LogP contribution in [0.2, 0.25) is 0 Å². The van der Waals surface area contributed by atoms with Crippen LogP contribution in [-0.2, 0) is 23.2 Å². The number of hydrogen-bond donors (Lipinski definition) is 3. The molecule has 1 aliphatic heterocycles. The fraction of sp³-hybridized carbons (Fsp3) is 0.400. The summed E-state index contributed by atoms with van der Waals surface area (Å²) in [6.07, 6.45) is 0.758. The van der Waals surface area contributed by atoms with Gasteiger partial charge in [0.1, 0.15) is 23.8 Å². The van der Waals surface area contributed by atoms with Gasteiger partial charge in [-0.25, -0.2) is 4.98 Å². The van der Waals surface area contributed by atoms with Gasteiger partial charge in [-0.15, -0.1) is 17.0 Å². The Bertz CT molecular complexity index is 1170. The molecule has 1 aromatic carbocycles. The number of carboxylic acid groups (broad SMARTS) is 1. The largest absolute Gasteiger partial charge is 0.496 e. The number of hydrogen-bond acceptors (Lipinski definition) is 6. The molecule has 10 heteroatoms. The highest BCUT2D eigenvalue weighted by molar-refractivity contribution is 8.93. The summed E-state index contributed by atoms with van der Waals surface area (Å²) in [6.45, 7) is 7.59. The molecule has 0 radical (unpaired) electrons. The number of aliphatic carboxylic acids is 1. The minimum atomic E-state index is -1.18. The SMILES string of the molecule is Br.CCc1ccc2c(n1)C(=N)N(CC(=O)c1cc(C(=O)NCC(=O)O)c(OC)c(C(C)(C)C)c1)C2. The third-order valence-electron chi connectivity index (χ3n) is 5.70. The van der Waals surface area contributed by atoms with E-state index in [2.05, 4.69) is 10.3 Å². The van der Waals surface area contributed by atoms with E-state index in [1.54, 1.807) is 11.0 Å². The summed E-state index contributed by atoms with van der Waals surface area (Å²) in [7, 11) is 1.43. The first kappa shape index (κ1) is 28.0. The molecule has 1 amide bonds. The van der Waals surface area contributed by atoms with Crippen molar-refractivity contribution >= 4 is 40.5 Å². The van der Waals surface area contributed by atoms with E-state index in [1.807, 2.05) is 39.8 Å². The Morgan fingerprint density at radius 1 is 1.23 bits per heavy atom. The number of nitrogens with zero attached hydrogens (tertiary/aromatic N) is 2. The molecule has 0 atom stereocenters. The first-order valence-electron chi connectivity index (χ1n) is 11.0. The molecule has 0 saturated heterocycles. The number of carbonyl (C=O) groups is 3. The van der Waals surface area contributed by atoms with Crippen molar-refractivity contribution in [3.05, 3.63) is 57.9 Å². The number of nitrogens with one attached hydrogen (secondary N) is 2. The maximum atomic E-state index is 13.3. The molecule has 0 fully saturated rings. The first-order chi connectivity index (χ1) is 16.0. The van der Waals surface area contributed by atoms with E-state index >= 15 is 0 Å². The Balaban J connectivity index is 0.00000432. The number of aryl methyl sites for hydroxylation is 1. The molecule has 0 aliphatic carbocycles. The van der Waals surface area contributed by atoms with Crippen LogP contribution >= 0.6 is 17.0 Å². The number of aromatic nitrogens is 1. The van der Waals surface area contributed by atoms with Gasteiger partial charge in [0.2, 0.25) is 0 Å². The summed E-state index contributed by atoms with van der Waals surface area (Å²) >= 11 is 0. The van der Waals surface area contributed by atoms with Crippen molar-refractivity contribution in [3.63, 3.8) is 0 Å². The number of pyridine rings is 1. The van der Waals surface area contributed by atoms with Crippen LogP contribution in [-0.4, -0.2) is 58.7 Å². The number of ether oxygens (including phenoxy) is 1. The molecule has 0 bridgehead atoms. The molecular weight excluding hydrogens is 516 g/mol. The molecule has 35 heavy (non-hydrogen) atoms. The Morgan fingerprint density at radius 2 is 1.91 bits per heavy atom. The van der Waals surface area contributed by atoms with Crippen molar-refractivity contribution in [2.45, 2.75) is 46.1 Å². The average molecular weight is 547 g/mol. The van der Waals surface area contributed by atoms with Crippen LogP contribution in [0.5, 0.6) is 5.75 Å². The predicted molar refractivity (Wildman–Crippen MR) is 137 cm³/mol. The standard InChI is InChI=1S/C25H30N4O5.BrH/c1-6-16-8-7-14-12-29(23(26)21(14)28-16)13-19(30)15-9-17(24(33)27-11-20(31)32)22(34-5)18(10-15)25(2,3)4;/h7-10,26H,6,11-13H2,1-5H3,(H,27,33)(H,31,32);1H. The van der Waals surface area contributed by atoms with Crippen LogP contribution in [0.15, 0.2) is 24.3 Å². The molecule has 188 valence electrons. The number of carbonyl (C=O) groups excluding carboxylic acids is 2. The van der Waals surface area contributed by atoms with Gasteiger partial charge in [0, 0.05) is 28.9 Å². The number of ketones is 1. The lowest BCUT2D eigenvalue weighted by Gasteiger charge is -2.25. The van der Waals surface area contributed by atoms with E-state index in [4.69, 9.17) is 15.3 Å². The summed E-state index contributed by atoms with van der Waals surface area (Å²) in [5.74, 6) is -1.60. The zero-order valence-electron chi connectivity index (χ0n) is 20.5. The van der Waals surface area contributed by atoms with Gasteiger partial charge in [-0.05, 0) is 30.0 Å². The zero-order chi connectivity index (χ0) is 25.2. The minimum absolute atomic E-state index is 0. The number of rotatable bonds is 8. The van der Waals surface area contributed by atoms with Gasteiger partial charge >= 0.3 is 5.97 Å². The van der Waals surface area contributed by atoms with Gasteiger partial charge in [-0.2, -0.15) is 0 Å². The molecule has 3 rings (SSSR count). The first-order valence-corrected chi connectivity index (χ1v) is 11.0. The number of methoxy groups -OCH3 is 1. The van der Waals surface area contributed by atoms with Gasteiger partial charge in [0.15, 0.2) is 5.78 Å². The maximum absolute atomic E-state index is 13.3. The van der Waals surface area contributed by atoms with Gasteiger partial charge in [0.25, 0.3) is 5.91 Å². The normalized spacial score (nSPS) is 12.6. The summed E-state index contributed by atoms with van der Waals surface area (Å²) in [6, 6.07) is 7.00. The third kappa shape index (κ3) is 6.05. The number of amidine groups is 1. The molecular formula is C25H31BrN4O5. The molecule has 2 aromatic rings. The zero-order valence-corrected chi connectivity index (χ0v) is 22.2. The Hall–Kier alpha value is -3.27. The van der Waals surface area contributed by atoms with E-state index in [1.165, 1.54) is 13.2 Å². The maximum Gasteiger partial charge on any atom is 0.322 e. The number of Topliss-reactive ketones (excluding diaryl/α,β-unsaturated/α-hetero) is 1. The summed E-state index contributed by atoms with van der Waals surface area (Å²) in [5.41, 5.74) is 2.94. The van der Waals surface area contributed by atoms with Crippen LogP contribution in [0.1, 0.15) is 70.9 Å². The second kappa shape index (κ2) is 11.0. The number of amides is 1. The molecule has 0 spiro atoms. The second-order valence-corrected chi connectivity index (χ2v) is 9.22. The smallest absolute Gasteiger partial charge is 0.322 e. The van der Waals surface area contributed by atoms with Crippen LogP contribution in [0.3, 0.4) is 0 Å². The van der Waals surface area contributed by atoms with Crippen LogP contribution in [0.4, 0.5) is 0 Å². The number of benzene rings is 1. The number of fused-ring (bicyclic) bond motifs is 1. The van der Waals surface area contributed by atoms with E-state index < -0.39 is 23.8 Å². The number of halogens is 1. The van der Waals surface area contributed by atoms with Crippen molar-refractivity contribution in [2.75, 3.05) is 20.2 Å². The highest BCUT2D eigenvalue weighted by atomic mass is 79.9. The lowest BCUT2D eigenvalue weighted by atomic mass is 9.83. The highest BCUT2D eigenvalue weighted by Crippen LogP contribution is 2.35. The summed E-state index contributed by atoms with van der Waals surface area (Å²) in [5, 5.41) is 19.8. The second-order valence-electron chi connectivity index (χ2n) is 9.22. The third-order valence-corrected chi connectivity index (χ3v) is 5.70. The van der Waals surface area contributed by atoms with E-state index in [9.17, 15) is 14.4 Å². The Labute approximate surface area is 215 Å². The van der Waals surface area contributed by atoms with Crippen molar-refractivity contribution in [3.8, 4) is 5.75 Å². The lowest BCUT2D eigenvalue weighted by Crippen LogP contribution is -2.32. The molecule has 0 saturated carbocycles. The summed E-state index contributed by atoms with van der Waals surface area (Å²) < 4.78 is 5.51. The van der Waals surface area contributed by atoms with Crippen LogP contribution in [0.25, 0.3) is 0 Å². The number of carboxylic acids is 1. The van der Waals surface area contributed by atoms with E-state index in [0.717, 1.165) is 17.7 Å². The Kier molecular flexibility index (Phi) is 8.78. The molecule has 9 nitrogen and oxygen atoms in total. The van der Waals surface area contributed by atoms with Crippen LogP contribution < -0.4 is 10.1 Å². The van der Waals surface area contributed by atoms with Crippen molar-refractivity contribution in [1.29, 1.82) is 5.41 Å². The van der Waals surface area contributed by atoms with Gasteiger partial charge in [0.05, 0.1) is 19.2 Å². The monoisotopic (exact) mass is 546 g/mol. The molecule has 1 aromatic heterocycles. The topological polar surface area (TPSA) is 133 Å². The summed E-state index contributed by atoms with van der Waals surface area (Å²) in [4.78, 5) is 43.2. The van der Waals surface area contributed by atoms with Gasteiger partial charge < -0.3 is 20.1 Å². The molecule has 3 N–H and O–H groups in total. The average Bonchev–Trinajstić information content (AvgIpc) is 3.10. The van der Waals surface area contributed by atoms with Gasteiger partial charge in [-0.1, -0.05) is 33.8 Å². The molecule has 0 unspecified atom stereocenters. The molecule has 2 heterocycles. The fourth-order valence-electron chi connectivity index (χ4n) is 3.88. The van der Waals surface area contributed by atoms with Crippen LogP contribution in [0, 0.1) is 5.41 Å². The van der Waals surface area contributed by atoms with E-state index in [-0.39, 0.29) is 46.3 Å². The minimum Gasteiger partial charge on any atom is -0.496 e.